The second kappa shape index (κ2) is 7.90. The summed E-state index contributed by atoms with van der Waals surface area (Å²) in [6, 6.07) is 17.0. The quantitative estimate of drug-likeness (QED) is 0.504. The minimum Gasteiger partial charge on any atom is -0.455 e. The van der Waals surface area contributed by atoms with Crippen molar-refractivity contribution in [3.05, 3.63) is 82.3 Å². The Morgan fingerprint density at radius 3 is 2.52 bits per heavy atom. The molecule has 1 amide bonds. The molecule has 126 valence electrons. The van der Waals surface area contributed by atoms with Crippen LogP contribution in [-0.4, -0.2) is 12.1 Å². The number of hydrazone groups is 1. The number of hydrogen-bond donors (Lipinski definition) is 1. The molecule has 1 N–H and O–H groups in total. The van der Waals surface area contributed by atoms with Crippen LogP contribution in [0, 0.1) is 5.82 Å². The van der Waals surface area contributed by atoms with Crippen LogP contribution in [0.2, 0.25) is 0 Å². The number of carbonyl (C=O) groups excluding carboxylic acids is 1. The first-order valence-corrected chi connectivity index (χ1v) is 8.31. The summed E-state index contributed by atoms with van der Waals surface area (Å²) >= 11 is 3.35. The summed E-state index contributed by atoms with van der Waals surface area (Å²) in [7, 11) is 0. The van der Waals surface area contributed by atoms with Crippen LogP contribution >= 0.6 is 15.9 Å². The molecule has 0 aliphatic rings. The van der Waals surface area contributed by atoms with Crippen LogP contribution in [0.1, 0.15) is 11.3 Å². The predicted octanol–water partition coefficient (Wildman–Crippen LogP) is 4.54. The average molecular weight is 401 g/mol. The Hall–Kier alpha value is -2.73. The molecule has 0 spiro atoms. The Morgan fingerprint density at radius 2 is 1.80 bits per heavy atom. The largest absolute Gasteiger partial charge is 0.455 e. The van der Waals surface area contributed by atoms with Gasteiger partial charge in [0.15, 0.2) is 0 Å². The third-order valence-electron chi connectivity index (χ3n) is 3.41. The van der Waals surface area contributed by atoms with Gasteiger partial charge in [-0.05, 0) is 54.1 Å². The van der Waals surface area contributed by atoms with Gasteiger partial charge in [-0.1, -0.05) is 28.1 Å². The minimum atomic E-state index is -0.300. The molecule has 0 aliphatic carbocycles. The number of amides is 1. The zero-order chi connectivity index (χ0) is 17.6. The van der Waals surface area contributed by atoms with E-state index in [1.165, 1.54) is 18.3 Å². The lowest BCUT2D eigenvalue weighted by Crippen LogP contribution is -2.19. The highest BCUT2D eigenvalue weighted by atomic mass is 79.9. The van der Waals surface area contributed by atoms with Crippen LogP contribution in [0.4, 0.5) is 4.39 Å². The lowest BCUT2D eigenvalue weighted by Gasteiger charge is -2.00. The number of benzene rings is 2. The summed E-state index contributed by atoms with van der Waals surface area (Å²) in [5, 5.41) is 3.89. The highest BCUT2D eigenvalue weighted by Gasteiger charge is 2.05. The number of nitrogens with one attached hydrogen (secondary N) is 1. The molecule has 0 bridgehead atoms. The first kappa shape index (κ1) is 17.1. The van der Waals surface area contributed by atoms with E-state index in [1.54, 1.807) is 24.3 Å². The fourth-order valence-corrected chi connectivity index (χ4v) is 2.45. The Bertz CT molecular complexity index is 887. The summed E-state index contributed by atoms with van der Waals surface area (Å²) in [6.07, 6.45) is 1.66. The van der Waals surface area contributed by atoms with Gasteiger partial charge in [-0.2, -0.15) is 5.10 Å². The maximum absolute atomic E-state index is 12.9. The molecule has 3 rings (SSSR count). The number of furan rings is 1. The molecule has 0 aliphatic heterocycles. The number of nitrogens with zero attached hydrogens (tertiary/aromatic N) is 1. The number of carbonyl (C=O) groups is 1. The second-order valence-corrected chi connectivity index (χ2v) is 6.22. The van der Waals surface area contributed by atoms with Crippen molar-refractivity contribution < 1.29 is 13.6 Å². The zero-order valence-corrected chi connectivity index (χ0v) is 14.7. The molecule has 2 aromatic carbocycles. The van der Waals surface area contributed by atoms with E-state index in [4.69, 9.17) is 4.42 Å². The summed E-state index contributed by atoms with van der Waals surface area (Å²) in [6.45, 7) is 0. The van der Waals surface area contributed by atoms with Gasteiger partial charge in [0.2, 0.25) is 5.91 Å². The van der Waals surface area contributed by atoms with Crippen molar-refractivity contribution >= 4 is 28.1 Å². The van der Waals surface area contributed by atoms with E-state index in [1.807, 2.05) is 24.3 Å². The molecule has 1 aromatic heterocycles. The topological polar surface area (TPSA) is 54.6 Å². The minimum absolute atomic E-state index is 0.219. The van der Waals surface area contributed by atoms with Crippen molar-refractivity contribution in [1.82, 2.24) is 5.43 Å². The van der Waals surface area contributed by atoms with E-state index in [9.17, 15) is 9.18 Å². The van der Waals surface area contributed by atoms with Crippen LogP contribution in [0.25, 0.3) is 11.3 Å². The van der Waals surface area contributed by atoms with Crippen LogP contribution in [0.5, 0.6) is 0 Å². The molecule has 3 aromatic rings. The lowest BCUT2D eigenvalue weighted by molar-refractivity contribution is -0.120. The van der Waals surface area contributed by atoms with Gasteiger partial charge in [0.1, 0.15) is 17.3 Å². The molecule has 0 saturated heterocycles. The van der Waals surface area contributed by atoms with E-state index < -0.39 is 0 Å². The van der Waals surface area contributed by atoms with Gasteiger partial charge < -0.3 is 4.42 Å². The first-order chi connectivity index (χ1) is 12.1. The fourth-order valence-electron chi connectivity index (χ4n) is 2.19. The van der Waals surface area contributed by atoms with E-state index in [0.717, 1.165) is 15.6 Å². The van der Waals surface area contributed by atoms with Gasteiger partial charge in [0.05, 0.1) is 12.6 Å². The van der Waals surface area contributed by atoms with Gasteiger partial charge >= 0.3 is 0 Å². The predicted molar refractivity (Wildman–Crippen MR) is 97.7 cm³/mol. The number of rotatable bonds is 5. The molecular formula is C19H14BrFN2O2. The van der Waals surface area contributed by atoms with Crippen molar-refractivity contribution in [2.45, 2.75) is 6.42 Å². The molecule has 0 radical (unpaired) electrons. The molecular weight excluding hydrogens is 387 g/mol. The molecule has 0 unspecified atom stereocenters. The van der Waals surface area contributed by atoms with Crippen molar-refractivity contribution in [2.24, 2.45) is 5.10 Å². The smallest absolute Gasteiger partial charge is 0.244 e. The summed E-state index contributed by atoms with van der Waals surface area (Å²) < 4.78 is 19.5. The first-order valence-electron chi connectivity index (χ1n) is 7.52. The normalized spacial score (nSPS) is 11.0. The average Bonchev–Trinajstić information content (AvgIpc) is 3.06. The van der Waals surface area contributed by atoms with Crippen molar-refractivity contribution in [3.8, 4) is 11.3 Å². The van der Waals surface area contributed by atoms with E-state index in [0.29, 0.717) is 11.5 Å². The Labute approximate surface area is 152 Å². The van der Waals surface area contributed by atoms with Gasteiger partial charge in [-0.3, -0.25) is 4.79 Å². The van der Waals surface area contributed by atoms with Gasteiger partial charge in [-0.25, -0.2) is 9.82 Å². The third kappa shape index (κ3) is 4.87. The monoisotopic (exact) mass is 400 g/mol. The SMILES string of the molecule is O=C(Cc1ccc(Br)cc1)NN=Cc1ccc(-c2ccc(F)cc2)o1. The fraction of sp³-hybridized carbons (Fsp3) is 0.0526. The maximum atomic E-state index is 12.9. The van der Waals surface area contributed by atoms with Crippen LogP contribution in [0.3, 0.4) is 0 Å². The van der Waals surface area contributed by atoms with Gasteiger partial charge in [-0.15, -0.1) is 0 Å². The number of hydrogen-bond acceptors (Lipinski definition) is 3. The molecule has 1 heterocycles. The second-order valence-electron chi connectivity index (χ2n) is 5.31. The Morgan fingerprint density at radius 1 is 1.08 bits per heavy atom. The lowest BCUT2D eigenvalue weighted by atomic mass is 10.1. The molecule has 4 nitrogen and oxygen atoms in total. The number of halogens is 2. The molecule has 0 saturated carbocycles. The Kier molecular flexibility index (Phi) is 5.40. The van der Waals surface area contributed by atoms with Crippen molar-refractivity contribution in [1.29, 1.82) is 0 Å². The zero-order valence-electron chi connectivity index (χ0n) is 13.1. The highest BCUT2D eigenvalue weighted by molar-refractivity contribution is 9.10. The molecule has 6 heteroatoms. The van der Waals surface area contributed by atoms with E-state index in [2.05, 4.69) is 26.5 Å². The Balaban J connectivity index is 1.56. The van der Waals surface area contributed by atoms with Crippen LogP contribution in [0.15, 0.2) is 74.7 Å². The summed E-state index contributed by atoms with van der Waals surface area (Å²) in [5.74, 6) is 0.570. The van der Waals surface area contributed by atoms with Gasteiger partial charge in [0, 0.05) is 10.0 Å². The van der Waals surface area contributed by atoms with E-state index in [-0.39, 0.29) is 18.1 Å². The third-order valence-corrected chi connectivity index (χ3v) is 3.94. The van der Waals surface area contributed by atoms with Gasteiger partial charge in [0.25, 0.3) is 0 Å². The van der Waals surface area contributed by atoms with Crippen molar-refractivity contribution in [2.75, 3.05) is 0 Å². The summed E-state index contributed by atoms with van der Waals surface area (Å²) in [4.78, 5) is 11.8. The molecule has 0 atom stereocenters. The van der Waals surface area contributed by atoms with Crippen LogP contribution < -0.4 is 5.43 Å². The standard InChI is InChI=1S/C19H14BrFN2O2/c20-15-5-1-13(2-6-15)11-19(24)23-22-12-17-9-10-18(25-17)14-3-7-16(21)8-4-14/h1-10,12H,11H2,(H,23,24). The van der Waals surface area contributed by atoms with Crippen LogP contribution in [-0.2, 0) is 11.2 Å². The highest BCUT2D eigenvalue weighted by Crippen LogP contribution is 2.21. The van der Waals surface area contributed by atoms with E-state index >= 15 is 0 Å². The molecule has 25 heavy (non-hydrogen) atoms. The molecule has 0 fully saturated rings. The van der Waals surface area contributed by atoms with Crippen molar-refractivity contribution in [3.63, 3.8) is 0 Å². The maximum Gasteiger partial charge on any atom is 0.244 e. The summed E-state index contributed by atoms with van der Waals surface area (Å²) in [5.41, 5.74) is 4.12.